The number of pyridine rings is 1. The molecule has 0 saturated carbocycles. The molecule has 2 heterocycles. The van der Waals surface area contributed by atoms with E-state index in [9.17, 15) is 0 Å². The Kier molecular flexibility index (Phi) is 7.09. The molecule has 7 nitrogen and oxygen atoms in total. The van der Waals surface area contributed by atoms with Crippen LogP contribution in [0.3, 0.4) is 0 Å². The van der Waals surface area contributed by atoms with Crippen molar-refractivity contribution < 1.29 is 9.47 Å². The van der Waals surface area contributed by atoms with Gasteiger partial charge in [-0.1, -0.05) is 39.7 Å². The zero-order valence-corrected chi connectivity index (χ0v) is 20.2. The molecule has 0 bridgehead atoms. The molecule has 0 aliphatic heterocycles. The fraction of sp³-hybridized carbons (Fsp3) is 0.136. The standard InChI is InChI=1S/C22H19BrClN5O2S/c1-30-19-10-16(18(23)11-20(19)31-13-14-3-2-4-17(24)9-14)12-26-29-21(27-28-22(29)32)15-5-7-25-8-6-15/h2-11,26H,12-13H2,1H3,(H,28,32). The molecule has 32 heavy (non-hydrogen) atoms. The van der Waals surface area contributed by atoms with Crippen LogP contribution in [-0.4, -0.2) is 27.0 Å². The maximum absolute atomic E-state index is 6.06. The number of nitrogens with one attached hydrogen (secondary N) is 2. The van der Waals surface area contributed by atoms with Gasteiger partial charge in [-0.3, -0.25) is 4.98 Å². The molecule has 0 atom stereocenters. The van der Waals surface area contributed by atoms with Gasteiger partial charge in [0.1, 0.15) is 6.61 Å². The summed E-state index contributed by atoms with van der Waals surface area (Å²) in [4.78, 5) is 4.05. The van der Waals surface area contributed by atoms with Crippen molar-refractivity contribution in [3.63, 3.8) is 0 Å². The summed E-state index contributed by atoms with van der Waals surface area (Å²) in [6.45, 7) is 0.845. The lowest BCUT2D eigenvalue weighted by Crippen LogP contribution is -2.16. The minimum absolute atomic E-state index is 0.375. The van der Waals surface area contributed by atoms with Gasteiger partial charge in [0.05, 0.1) is 13.7 Å². The van der Waals surface area contributed by atoms with Crippen molar-refractivity contribution in [1.29, 1.82) is 0 Å². The van der Waals surface area contributed by atoms with E-state index in [1.807, 2.05) is 48.5 Å². The van der Waals surface area contributed by atoms with E-state index in [2.05, 4.69) is 36.5 Å². The second-order valence-electron chi connectivity index (χ2n) is 6.77. The van der Waals surface area contributed by atoms with Gasteiger partial charge in [0, 0.05) is 27.5 Å². The molecular weight excluding hydrogens is 514 g/mol. The molecular formula is C22H19BrClN5O2S. The summed E-state index contributed by atoms with van der Waals surface area (Å²) in [7, 11) is 1.61. The van der Waals surface area contributed by atoms with E-state index in [0.29, 0.717) is 40.3 Å². The largest absolute Gasteiger partial charge is 0.493 e. The van der Waals surface area contributed by atoms with Crippen LogP contribution in [0.2, 0.25) is 5.02 Å². The first-order valence-electron chi connectivity index (χ1n) is 9.60. The number of ether oxygens (including phenoxy) is 2. The van der Waals surface area contributed by atoms with Gasteiger partial charge in [0.15, 0.2) is 17.3 Å². The van der Waals surface area contributed by atoms with Gasteiger partial charge < -0.3 is 14.9 Å². The van der Waals surface area contributed by atoms with Crippen molar-refractivity contribution in [1.82, 2.24) is 19.9 Å². The third-order valence-electron chi connectivity index (χ3n) is 4.65. The van der Waals surface area contributed by atoms with E-state index in [0.717, 1.165) is 21.2 Å². The van der Waals surface area contributed by atoms with Crippen LogP contribution in [0, 0.1) is 4.77 Å². The predicted molar refractivity (Wildman–Crippen MR) is 130 cm³/mol. The Labute approximate surface area is 203 Å². The van der Waals surface area contributed by atoms with Gasteiger partial charge in [-0.25, -0.2) is 9.77 Å². The van der Waals surface area contributed by atoms with Gasteiger partial charge in [-0.15, -0.1) is 0 Å². The number of aromatic amines is 1. The summed E-state index contributed by atoms with van der Waals surface area (Å²) >= 11 is 15.1. The minimum Gasteiger partial charge on any atom is -0.493 e. The molecule has 164 valence electrons. The van der Waals surface area contributed by atoms with Crippen molar-refractivity contribution >= 4 is 39.7 Å². The van der Waals surface area contributed by atoms with E-state index >= 15 is 0 Å². The van der Waals surface area contributed by atoms with E-state index < -0.39 is 0 Å². The number of benzene rings is 2. The third-order valence-corrected chi connectivity index (χ3v) is 5.90. The van der Waals surface area contributed by atoms with Crippen molar-refractivity contribution in [2.24, 2.45) is 0 Å². The van der Waals surface area contributed by atoms with Gasteiger partial charge in [-0.2, -0.15) is 5.10 Å². The second kappa shape index (κ2) is 10.2. The van der Waals surface area contributed by atoms with Crippen molar-refractivity contribution in [2.75, 3.05) is 12.5 Å². The van der Waals surface area contributed by atoms with E-state index in [1.54, 1.807) is 24.2 Å². The average molecular weight is 533 g/mol. The molecule has 2 aromatic carbocycles. The van der Waals surface area contributed by atoms with E-state index in [-0.39, 0.29) is 0 Å². The van der Waals surface area contributed by atoms with Crippen molar-refractivity contribution in [3.8, 4) is 22.9 Å². The van der Waals surface area contributed by atoms with Gasteiger partial charge in [0.25, 0.3) is 0 Å². The number of rotatable bonds is 8. The first-order valence-corrected chi connectivity index (χ1v) is 11.2. The zero-order chi connectivity index (χ0) is 22.5. The lowest BCUT2D eigenvalue weighted by Gasteiger charge is -2.16. The number of aromatic nitrogens is 4. The number of methoxy groups -OCH3 is 1. The SMILES string of the molecule is COc1cc(CNn2c(-c3ccncc3)n[nH]c2=S)c(Br)cc1OCc1cccc(Cl)c1. The molecule has 4 rings (SSSR count). The highest BCUT2D eigenvalue weighted by Gasteiger charge is 2.13. The minimum atomic E-state index is 0.375. The van der Waals surface area contributed by atoms with Crippen LogP contribution in [0.1, 0.15) is 11.1 Å². The summed E-state index contributed by atoms with van der Waals surface area (Å²) in [6, 6.07) is 15.1. The number of hydrogen-bond acceptors (Lipinski definition) is 6. The van der Waals surface area contributed by atoms with Crippen LogP contribution >= 0.6 is 39.7 Å². The molecule has 10 heteroatoms. The highest BCUT2D eigenvalue weighted by molar-refractivity contribution is 9.10. The molecule has 2 N–H and O–H groups in total. The number of halogens is 2. The zero-order valence-electron chi connectivity index (χ0n) is 17.0. The maximum atomic E-state index is 6.06. The molecule has 0 fully saturated rings. The first kappa shape index (κ1) is 22.3. The monoisotopic (exact) mass is 531 g/mol. The first-order chi connectivity index (χ1) is 15.5. The van der Waals surface area contributed by atoms with Crippen molar-refractivity contribution in [3.05, 3.63) is 86.3 Å². The maximum Gasteiger partial charge on any atom is 0.214 e. The molecule has 0 radical (unpaired) electrons. The van der Waals surface area contributed by atoms with E-state index in [1.165, 1.54) is 0 Å². The fourth-order valence-corrected chi connectivity index (χ4v) is 3.95. The Morgan fingerprint density at radius 1 is 1.16 bits per heavy atom. The average Bonchev–Trinajstić information content (AvgIpc) is 3.18. The Morgan fingerprint density at radius 3 is 2.72 bits per heavy atom. The number of H-pyrrole nitrogens is 1. The molecule has 0 aliphatic carbocycles. The molecule has 4 aromatic rings. The molecule has 0 amide bonds. The summed E-state index contributed by atoms with van der Waals surface area (Å²) < 4.78 is 14.6. The Hall–Kier alpha value is -2.88. The highest BCUT2D eigenvalue weighted by atomic mass is 79.9. The lowest BCUT2D eigenvalue weighted by atomic mass is 10.2. The highest BCUT2D eigenvalue weighted by Crippen LogP contribution is 2.34. The number of nitrogens with zero attached hydrogens (tertiary/aromatic N) is 3. The summed E-state index contributed by atoms with van der Waals surface area (Å²) in [6.07, 6.45) is 3.42. The third kappa shape index (κ3) is 5.12. The van der Waals surface area contributed by atoms with Gasteiger partial charge in [0.2, 0.25) is 4.77 Å². The second-order valence-corrected chi connectivity index (χ2v) is 8.45. The molecule has 0 aliphatic rings. The molecule has 0 spiro atoms. The Bertz CT molecular complexity index is 1280. The normalized spacial score (nSPS) is 10.7. The molecule has 0 unspecified atom stereocenters. The number of hydrogen-bond donors (Lipinski definition) is 2. The Balaban J connectivity index is 1.52. The smallest absolute Gasteiger partial charge is 0.214 e. The van der Waals surface area contributed by atoms with Crippen LogP contribution in [0.15, 0.2) is 65.4 Å². The molecule has 0 saturated heterocycles. The van der Waals surface area contributed by atoms with Crippen molar-refractivity contribution in [2.45, 2.75) is 13.2 Å². The summed E-state index contributed by atoms with van der Waals surface area (Å²) in [5.74, 6) is 1.92. The van der Waals surface area contributed by atoms with Gasteiger partial charge in [-0.05, 0) is 59.7 Å². The van der Waals surface area contributed by atoms with E-state index in [4.69, 9.17) is 33.3 Å². The lowest BCUT2D eigenvalue weighted by molar-refractivity contribution is 0.284. The van der Waals surface area contributed by atoms with Crippen LogP contribution in [0.25, 0.3) is 11.4 Å². The van der Waals surface area contributed by atoms with Crippen LogP contribution < -0.4 is 14.9 Å². The fourth-order valence-electron chi connectivity index (χ4n) is 3.08. The van der Waals surface area contributed by atoms with Gasteiger partial charge >= 0.3 is 0 Å². The summed E-state index contributed by atoms with van der Waals surface area (Å²) in [5.41, 5.74) is 6.13. The predicted octanol–water partition coefficient (Wildman–Crippen LogP) is 5.75. The molecule has 2 aromatic heterocycles. The van der Waals surface area contributed by atoms with Crippen LogP contribution in [-0.2, 0) is 13.2 Å². The summed E-state index contributed by atoms with van der Waals surface area (Å²) in [5, 5.41) is 7.81. The topological polar surface area (TPSA) is 77.0 Å². The van der Waals surface area contributed by atoms with Crippen LogP contribution in [0.4, 0.5) is 0 Å². The Morgan fingerprint density at radius 2 is 1.97 bits per heavy atom. The van der Waals surface area contributed by atoms with Crippen LogP contribution in [0.5, 0.6) is 11.5 Å². The quantitative estimate of drug-likeness (QED) is 0.281.